The normalized spacial score (nSPS) is 26.2. The fraction of sp³-hybridized carbons (Fsp3) is 0.538. The molecule has 0 aromatic carbocycles. The molecular formula is C13H16N6S2. The number of nitrogens with zero attached hydrogens (tertiary/aromatic N) is 3. The zero-order valence-electron chi connectivity index (χ0n) is 11.6. The Morgan fingerprint density at radius 1 is 1.38 bits per heavy atom. The molecule has 3 N–H and O–H groups in total. The van der Waals surface area contributed by atoms with Crippen LogP contribution < -0.4 is 15.8 Å². The van der Waals surface area contributed by atoms with Crippen LogP contribution in [0.25, 0.3) is 5.00 Å². The lowest BCUT2D eigenvalue weighted by molar-refractivity contribution is 0.554. The van der Waals surface area contributed by atoms with Gasteiger partial charge >= 0.3 is 0 Å². The summed E-state index contributed by atoms with van der Waals surface area (Å²) in [5.74, 6) is 1.48. The van der Waals surface area contributed by atoms with Crippen molar-refractivity contribution in [1.29, 1.82) is 0 Å². The summed E-state index contributed by atoms with van der Waals surface area (Å²) in [5.41, 5.74) is 6.30. The zero-order valence-corrected chi connectivity index (χ0v) is 13.3. The lowest BCUT2D eigenvalue weighted by atomic mass is 9.85. The summed E-state index contributed by atoms with van der Waals surface area (Å²) >= 11 is 7.35. The molecule has 2 aliphatic heterocycles. The lowest BCUT2D eigenvalue weighted by Gasteiger charge is -2.31. The third kappa shape index (κ3) is 1.48. The van der Waals surface area contributed by atoms with E-state index in [-0.39, 0.29) is 6.17 Å². The Bertz CT molecular complexity index is 787. The average Bonchev–Trinajstić information content (AvgIpc) is 3.13. The fourth-order valence-corrected chi connectivity index (χ4v) is 5.60. The molecule has 1 unspecified atom stereocenters. The van der Waals surface area contributed by atoms with E-state index in [1.807, 2.05) is 11.3 Å². The summed E-state index contributed by atoms with van der Waals surface area (Å²) in [6.07, 6.45) is 3.92. The number of aryl methyl sites for hydroxylation is 1. The minimum Gasteiger partial charge on any atom is -0.278 e. The van der Waals surface area contributed by atoms with Crippen LogP contribution in [0.5, 0.6) is 0 Å². The second-order valence-electron chi connectivity index (χ2n) is 5.93. The van der Waals surface area contributed by atoms with Gasteiger partial charge in [-0.2, -0.15) is 0 Å². The Kier molecular flexibility index (Phi) is 2.44. The smallest absolute Gasteiger partial charge is 0.247 e. The van der Waals surface area contributed by atoms with Gasteiger partial charge in [-0.25, -0.2) is 15.1 Å². The predicted molar refractivity (Wildman–Crippen MR) is 84.3 cm³/mol. The van der Waals surface area contributed by atoms with E-state index >= 15 is 0 Å². The second-order valence-corrected chi connectivity index (χ2v) is 7.40. The van der Waals surface area contributed by atoms with Crippen molar-refractivity contribution in [2.24, 2.45) is 0 Å². The summed E-state index contributed by atoms with van der Waals surface area (Å²) in [5, 5.41) is 14.2. The third-order valence-electron chi connectivity index (χ3n) is 4.72. The number of hydrogen-bond donors (Lipinski definition) is 3. The van der Waals surface area contributed by atoms with Gasteiger partial charge in [0.05, 0.1) is 6.67 Å². The Morgan fingerprint density at radius 3 is 3.19 bits per heavy atom. The first-order valence-corrected chi connectivity index (χ1v) is 8.57. The molecule has 1 saturated heterocycles. The van der Waals surface area contributed by atoms with Crippen LogP contribution in [-0.4, -0.2) is 21.4 Å². The molecule has 2 atom stereocenters. The zero-order chi connectivity index (χ0) is 14.1. The highest BCUT2D eigenvalue weighted by Crippen LogP contribution is 2.49. The molecule has 0 radical (unpaired) electrons. The van der Waals surface area contributed by atoms with Gasteiger partial charge in [-0.1, -0.05) is 6.92 Å². The van der Waals surface area contributed by atoms with Crippen LogP contribution in [-0.2, 0) is 6.42 Å². The lowest BCUT2D eigenvalue weighted by Crippen LogP contribution is -2.39. The number of H-pyrrole nitrogens is 1. The SMILES string of the molecule is C[C@@H]1CCCc2sc3c(c21)C1NCNN1c1n[nH]c(=S)n1-3. The minimum absolute atomic E-state index is 0.165. The van der Waals surface area contributed by atoms with E-state index in [9.17, 15) is 0 Å². The van der Waals surface area contributed by atoms with Crippen LogP contribution in [0.4, 0.5) is 5.95 Å². The molecule has 21 heavy (non-hydrogen) atoms. The van der Waals surface area contributed by atoms with Crippen LogP contribution in [0, 0.1) is 4.77 Å². The van der Waals surface area contributed by atoms with E-state index in [1.54, 1.807) is 5.56 Å². The maximum Gasteiger partial charge on any atom is 0.247 e. The first-order chi connectivity index (χ1) is 10.3. The molecule has 6 nitrogen and oxygen atoms in total. The van der Waals surface area contributed by atoms with Gasteiger partial charge < -0.3 is 0 Å². The summed E-state index contributed by atoms with van der Waals surface area (Å²) in [6.45, 7) is 3.10. The van der Waals surface area contributed by atoms with Crippen molar-refractivity contribution in [3.63, 3.8) is 0 Å². The molecule has 2 aromatic rings. The highest BCUT2D eigenvalue weighted by Gasteiger charge is 2.41. The number of hydrazine groups is 1. The summed E-state index contributed by atoms with van der Waals surface area (Å²) < 4.78 is 2.75. The molecule has 0 spiro atoms. The van der Waals surface area contributed by atoms with Gasteiger partial charge in [-0.05, 0) is 43.0 Å². The second kappa shape index (κ2) is 4.16. The fourth-order valence-electron chi connectivity index (χ4n) is 3.82. The Morgan fingerprint density at radius 2 is 2.29 bits per heavy atom. The first kappa shape index (κ1) is 12.3. The standard InChI is InChI=1S/C13H16N6S2/c1-6-3-2-4-7-8(6)9-10-14-5-15-19(10)12-16-17-13(20)18(12)11(9)21-7/h6,10,14-15H,2-5H2,1H3,(H,17,20)/t6-,10?/m1/s1. The van der Waals surface area contributed by atoms with Crippen molar-refractivity contribution < 1.29 is 0 Å². The molecule has 3 aliphatic rings. The number of rotatable bonds is 0. The van der Waals surface area contributed by atoms with Crippen molar-refractivity contribution in [1.82, 2.24) is 25.5 Å². The van der Waals surface area contributed by atoms with Gasteiger partial charge in [0.15, 0.2) is 0 Å². The highest BCUT2D eigenvalue weighted by molar-refractivity contribution is 7.71. The molecular weight excluding hydrogens is 304 g/mol. The summed E-state index contributed by atoms with van der Waals surface area (Å²) in [6, 6.07) is 0. The molecule has 0 amide bonds. The van der Waals surface area contributed by atoms with Crippen molar-refractivity contribution in [3.05, 3.63) is 20.8 Å². The molecule has 0 saturated carbocycles. The number of aromatic amines is 1. The van der Waals surface area contributed by atoms with Crippen molar-refractivity contribution in [2.45, 2.75) is 38.3 Å². The molecule has 5 rings (SSSR count). The van der Waals surface area contributed by atoms with Gasteiger partial charge in [-0.15, -0.1) is 16.4 Å². The van der Waals surface area contributed by atoms with Gasteiger partial charge in [-0.3, -0.25) is 10.3 Å². The highest BCUT2D eigenvalue weighted by atomic mass is 32.1. The third-order valence-corrected chi connectivity index (χ3v) is 6.26. The molecule has 1 fully saturated rings. The van der Waals surface area contributed by atoms with Crippen LogP contribution in [0.3, 0.4) is 0 Å². The summed E-state index contributed by atoms with van der Waals surface area (Å²) in [4.78, 5) is 1.53. The van der Waals surface area contributed by atoms with Crippen molar-refractivity contribution in [2.75, 3.05) is 11.7 Å². The molecule has 2 aromatic heterocycles. The van der Waals surface area contributed by atoms with Crippen LogP contribution in [0.15, 0.2) is 0 Å². The maximum absolute atomic E-state index is 5.46. The molecule has 110 valence electrons. The number of aromatic nitrogens is 3. The largest absolute Gasteiger partial charge is 0.278 e. The van der Waals surface area contributed by atoms with Gasteiger partial charge in [0.25, 0.3) is 0 Å². The number of hydrogen-bond acceptors (Lipinski definition) is 6. The maximum atomic E-state index is 5.46. The van der Waals surface area contributed by atoms with Crippen molar-refractivity contribution >= 4 is 29.5 Å². The van der Waals surface area contributed by atoms with Crippen LogP contribution in [0.1, 0.15) is 47.9 Å². The van der Waals surface area contributed by atoms with Gasteiger partial charge in [0.2, 0.25) is 10.7 Å². The number of fused-ring (bicyclic) bond motifs is 8. The van der Waals surface area contributed by atoms with Crippen LogP contribution in [0.2, 0.25) is 0 Å². The van der Waals surface area contributed by atoms with Gasteiger partial charge in [0.1, 0.15) is 11.2 Å². The van der Waals surface area contributed by atoms with E-state index in [4.69, 9.17) is 12.2 Å². The molecule has 8 heteroatoms. The Balaban J connectivity index is 1.86. The van der Waals surface area contributed by atoms with E-state index in [2.05, 4.69) is 37.4 Å². The monoisotopic (exact) mass is 320 g/mol. The van der Waals surface area contributed by atoms with E-state index in [1.165, 1.54) is 34.7 Å². The Hall–Kier alpha value is -1.22. The van der Waals surface area contributed by atoms with Crippen LogP contribution >= 0.6 is 23.6 Å². The quantitative estimate of drug-likeness (QED) is 0.650. The molecule has 0 bridgehead atoms. The predicted octanol–water partition coefficient (Wildman–Crippen LogP) is 2.32. The average molecular weight is 320 g/mol. The minimum atomic E-state index is 0.165. The molecule has 1 aliphatic carbocycles. The number of nitrogens with one attached hydrogen (secondary N) is 3. The van der Waals surface area contributed by atoms with E-state index in [0.717, 1.165) is 12.6 Å². The van der Waals surface area contributed by atoms with Crippen molar-refractivity contribution in [3.8, 4) is 5.00 Å². The Labute approximate surface area is 131 Å². The number of anilines is 1. The number of thiophene rings is 1. The van der Waals surface area contributed by atoms with E-state index in [0.29, 0.717) is 10.7 Å². The molecule has 4 heterocycles. The van der Waals surface area contributed by atoms with E-state index < -0.39 is 0 Å². The summed E-state index contributed by atoms with van der Waals surface area (Å²) in [7, 11) is 0. The first-order valence-electron chi connectivity index (χ1n) is 7.35. The van der Waals surface area contributed by atoms with Gasteiger partial charge in [0, 0.05) is 10.4 Å². The topological polar surface area (TPSA) is 60.9 Å².